The number of carbonyl (C=O) groups excluding carboxylic acids is 2. The number of amides is 1. The van der Waals surface area contributed by atoms with Crippen molar-refractivity contribution in [1.29, 1.82) is 0 Å². The Hall–Kier alpha value is -2.46. The van der Waals surface area contributed by atoms with Gasteiger partial charge in [-0.2, -0.15) is 4.39 Å². The summed E-state index contributed by atoms with van der Waals surface area (Å²) < 4.78 is 56.5. The van der Waals surface area contributed by atoms with Gasteiger partial charge < -0.3 is 29.0 Å². The Labute approximate surface area is 180 Å². The van der Waals surface area contributed by atoms with Gasteiger partial charge in [0.25, 0.3) is 0 Å². The lowest BCUT2D eigenvalue weighted by Gasteiger charge is -2.27. The van der Waals surface area contributed by atoms with Crippen LogP contribution in [0.15, 0.2) is 0 Å². The standard InChI is InChI=1S/C21H29F2NO7/c1-6-28-19(25)13-16(24-20(26)21(2,3)4)14(22)18(30-11-27-5)15(23)17(13)31-12-9-7-8-10-29-12/h12H,6-11H2,1-5H3,(H,24,26). The molecule has 0 aliphatic carbocycles. The molecule has 1 heterocycles. The highest BCUT2D eigenvalue weighted by atomic mass is 19.1. The number of hydrogen-bond acceptors (Lipinski definition) is 7. The van der Waals surface area contributed by atoms with Crippen molar-refractivity contribution in [1.82, 2.24) is 0 Å². The Morgan fingerprint density at radius 1 is 1.16 bits per heavy atom. The minimum Gasteiger partial charge on any atom is -0.462 e. The Kier molecular flexibility index (Phi) is 8.58. The van der Waals surface area contributed by atoms with Crippen LogP contribution >= 0.6 is 0 Å². The van der Waals surface area contributed by atoms with E-state index in [2.05, 4.69) is 5.32 Å². The van der Waals surface area contributed by atoms with E-state index < -0.39 is 64.8 Å². The maximum Gasteiger partial charge on any atom is 0.344 e. The van der Waals surface area contributed by atoms with E-state index in [1.807, 2.05) is 0 Å². The van der Waals surface area contributed by atoms with Crippen LogP contribution in [0.5, 0.6) is 11.5 Å². The van der Waals surface area contributed by atoms with Gasteiger partial charge in [-0.1, -0.05) is 20.8 Å². The van der Waals surface area contributed by atoms with Crippen LogP contribution in [-0.2, 0) is 19.0 Å². The van der Waals surface area contributed by atoms with Crippen molar-refractivity contribution in [3.8, 4) is 11.5 Å². The van der Waals surface area contributed by atoms with Gasteiger partial charge in [0.1, 0.15) is 5.56 Å². The number of rotatable bonds is 8. The topological polar surface area (TPSA) is 92.3 Å². The van der Waals surface area contributed by atoms with E-state index in [-0.39, 0.29) is 6.61 Å². The van der Waals surface area contributed by atoms with Gasteiger partial charge in [-0.15, -0.1) is 0 Å². The molecule has 0 bridgehead atoms. The van der Waals surface area contributed by atoms with Gasteiger partial charge in [-0.3, -0.25) is 4.79 Å². The molecule has 0 saturated carbocycles. The summed E-state index contributed by atoms with van der Waals surface area (Å²) in [5.74, 6) is -5.70. The first kappa shape index (κ1) is 24.8. The number of benzene rings is 1. The third-order valence-electron chi connectivity index (χ3n) is 4.40. The average molecular weight is 445 g/mol. The first-order chi connectivity index (χ1) is 14.6. The Morgan fingerprint density at radius 2 is 1.87 bits per heavy atom. The fraction of sp³-hybridized carbons (Fsp3) is 0.619. The summed E-state index contributed by atoms with van der Waals surface area (Å²) in [7, 11) is 1.28. The van der Waals surface area contributed by atoms with Crippen LogP contribution in [0.3, 0.4) is 0 Å². The van der Waals surface area contributed by atoms with Crippen LogP contribution in [0.1, 0.15) is 57.3 Å². The number of esters is 1. The third-order valence-corrected chi connectivity index (χ3v) is 4.40. The molecule has 1 atom stereocenters. The van der Waals surface area contributed by atoms with E-state index in [9.17, 15) is 9.59 Å². The Bertz CT molecular complexity index is 802. The highest BCUT2D eigenvalue weighted by Crippen LogP contribution is 2.42. The smallest absolute Gasteiger partial charge is 0.344 e. The van der Waals surface area contributed by atoms with Crippen LogP contribution < -0.4 is 14.8 Å². The minimum atomic E-state index is -1.29. The lowest BCUT2D eigenvalue weighted by molar-refractivity contribution is -0.123. The molecule has 1 amide bonds. The van der Waals surface area contributed by atoms with Crippen molar-refractivity contribution in [2.75, 3.05) is 32.4 Å². The molecule has 1 aliphatic heterocycles. The number of halogens is 2. The molecule has 1 aliphatic rings. The van der Waals surface area contributed by atoms with Gasteiger partial charge in [-0.25, -0.2) is 9.18 Å². The van der Waals surface area contributed by atoms with Gasteiger partial charge in [0, 0.05) is 18.9 Å². The summed E-state index contributed by atoms with van der Waals surface area (Å²) in [6, 6.07) is 0. The molecule has 1 saturated heterocycles. The third kappa shape index (κ3) is 6.04. The second-order valence-corrected chi connectivity index (χ2v) is 7.93. The van der Waals surface area contributed by atoms with Crippen LogP contribution in [0.2, 0.25) is 0 Å². The fourth-order valence-corrected chi connectivity index (χ4v) is 2.75. The molecule has 1 N–H and O–H groups in total. The van der Waals surface area contributed by atoms with Gasteiger partial charge in [0.05, 0.1) is 18.9 Å². The van der Waals surface area contributed by atoms with Crippen LogP contribution in [0, 0.1) is 17.0 Å². The van der Waals surface area contributed by atoms with Crippen molar-refractivity contribution >= 4 is 17.6 Å². The molecule has 1 aromatic rings. The molecule has 10 heteroatoms. The van der Waals surface area contributed by atoms with E-state index >= 15 is 8.78 Å². The van der Waals surface area contributed by atoms with E-state index in [0.29, 0.717) is 13.0 Å². The lowest BCUT2D eigenvalue weighted by atomic mass is 9.95. The highest BCUT2D eigenvalue weighted by Gasteiger charge is 2.35. The molecule has 31 heavy (non-hydrogen) atoms. The SMILES string of the molecule is CCOC(=O)c1c(NC(=O)C(C)(C)C)c(F)c(OCOC)c(F)c1OC1CCCCO1. The van der Waals surface area contributed by atoms with Gasteiger partial charge in [0.2, 0.25) is 11.7 Å². The summed E-state index contributed by atoms with van der Waals surface area (Å²) in [5.41, 5.74) is -2.13. The van der Waals surface area contributed by atoms with Gasteiger partial charge >= 0.3 is 5.97 Å². The zero-order chi connectivity index (χ0) is 23.2. The number of hydrogen-bond donors (Lipinski definition) is 1. The summed E-state index contributed by atoms with van der Waals surface area (Å²) in [6.07, 6.45) is 1.16. The van der Waals surface area contributed by atoms with Gasteiger partial charge in [0.15, 0.2) is 30.4 Å². The van der Waals surface area contributed by atoms with Crippen molar-refractivity contribution in [2.24, 2.45) is 5.41 Å². The molecule has 1 aromatic carbocycles. The predicted octanol–water partition coefficient (Wildman–Crippen LogP) is 4.01. The molecular weight excluding hydrogens is 416 g/mol. The van der Waals surface area contributed by atoms with E-state index in [1.165, 1.54) is 7.11 Å². The van der Waals surface area contributed by atoms with Gasteiger partial charge in [-0.05, 0) is 19.8 Å². The summed E-state index contributed by atoms with van der Waals surface area (Å²) in [4.78, 5) is 25.3. The normalized spacial score (nSPS) is 16.5. The van der Waals surface area contributed by atoms with Crippen molar-refractivity contribution in [3.63, 3.8) is 0 Å². The van der Waals surface area contributed by atoms with E-state index in [4.69, 9.17) is 23.7 Å². The highest BCUT2D eigenvalue weighted by molar-refractivity contribution is 6.05. The quantitative estimate of drug-likeness (QED) is 0.477. The van der Waals surface area contributed by atoms with Crippen LogP contribution in [0.25, 0.3) is 0 Å². The van der Waals surface area contributed by atoms with Crippen molar-refractivity contribution in [2.45, 2.75) is 53.2 Å². The number of nitrogens with one attached hydrogen (secondary N) is 1. The van der Waals surface area contributed by atoms with Crippen LogP contribution in [0.4, 0.5) is 14.5 Å². The molecule has 0 spiro atoms. The molecule has 174 valence electrons. The first-order valence-electron chi connectivity index (χ1n) is 10.0. The zero-order valence-corrected chi connectivity index (χ0v) is 18.4. The fourth-order valence-electron chi connectivity index (χ4n) is 2.75. The number of anilines is 1. The molecule has 8 nitrogen and oxygen atoms in total. The average Bonchev–Trinajstić information content (AvgIpc) is 2.71. The number of ether oxygens (including phenoxy) is 5. The first-order valence-corrected chi connectivity index (χ1v) is 10.0. The molecule has 1 fully saturated rings. The summed E-state index contributed by atoms with van der Waals surface area (Å²) >= 11 is 0. The number of carbonyl (C=O) groups is 2. The molecule has 1 unspecified atom stereocenters. The second kappa shape index (κ2) is 10.7. The summed E-state index contributed by atoms with van der Waals surface area (Å²) in [6.45, 7) is 6.20. The maximum atomic E-state index is 15.3. The molecule has 0 radical (unpaired) electrons. The van der Waals surface area contributed by atoms with E-state index in [0.717, 1.165) is 12.8 Å². The molecule has 0 aromatic heterocycles. The lowest BCUT2D eigenvalue weighted by Crippen LogP contribution is -2.31. The summed E-state index contributed by atoms with van der Waals surface area (Å²) in [5, 5.41) is 2.36. The largest absolute Gasteiger partial charge is 0.462 e. The monoisotopic (exact) mass is 445 g/mol. The number of methoxy groups -OCH3 is 1. The second-order valence-electron chi connectivity index (χ2n) is 7.93. The minimum absolute atomic E-state index is 0.0595. The molecule has 2 rings (SSSR count). The van der Waals surface area contributed by atoms with Crippen LogP contribution in [-0.4, -0.2) is 45.3 Å². The zero-order valence-electron chi connectivity index (χ0n) is 18.4. The molecular formula is C21H29F2NO7. The maximum absolute atomic E-state index is 15.3. The Morgan fingerprint density at radius 3 is 2.42 bits per heavy atom. The van der Waals surface area contributed by atoms with Crippen molar-refractivity contribution < 1.29 is 42.1 Å². The van der Waals surface area contributed by atoms with E-state index in [1.54, 1.807) is 27.7 Å². The van der Waals surface area contributed by atoms with Crippen molar-refractivity contribution in [3.05, 3.63) is 17.2 Å². The Balaban J connectivity index is 2.68. The predicted molar refractivity (Wildman–Crippen MR) is 107 cm³/mol.